The zero-order valence-electron chi connectivity index (χ0n) is 10.9. The highest BCUT2D eigenvalue weighted by Gasteiger charge is 2.46. The van der Waals surface area contributed by atoms with Gasteiger partial charge in [-0.1, -0.05) is 13.8 Å². The van der Waals surface area contributed by atoms with Gasteiger partial charge in [-0.15, -0.1) is 0 Å². The van der Waals surface area contributed by atoms with E-state index in [1.807, 2.05) is 0 Å². The molecule has 3 atom stereocenters. The van der Waals surface area contributed by atoms with Gasteiger partial charge in [-0.2, -0.15) is 0 Å². The molecule has 0 heterocycles. The molecule has 0 aromatic heterocycles. The van der Waals surface area contributed by atoms with Crippen LogP contribution in [-0.4, -0.2) is 48.2 Å². The fourth-order valence-electron chi connectivity index (χ4n) is 2.24. The zero-order valence-corrected chi connectivity index (χ0v) is 10.9. The number of hydrogen-bond donors (Lipinski definition) is 3. The third-order valence-electron chi connectivity index (χ3n) is 4.18. The molecule has 4 heteroatoms. The van der Waals surface area contributed by atoms with Gasteiger partial charge in [-0.25, -0.2) is 0 Å². The predicted octanol–water partition coefficient (Wildman–Crippen LogP) is 0.523. The lowest BCUT2D eigenvalue weighted by Gasteiger charge is -2.49. The van der Waals surface area contributed by atoms with E-state index < -0.39 is 6.10 Å². The Labute approximate surface area is 103 Å². The quantitative estimate of drug-likeness (QED) is 0.610. The molecule has 0 aliphatic heterocycles. The number of aliphatic hydroxyl groups is 2. The summed E-state index contributed by atoms with van der Waals surface area (Å²) < 4.78 is 5.44. The summed E-state index contributed by atoms with van der Waals surface area (Å²) in [6, 6.07) is 0.301. The largest absolute Gasteiger partial charge is 0.392 e. The number of ether oxygens (including phenoxy) is 1. The van der Waals surface area contributed by atoms with Gasteiger partial charge in [-0.05, 0) is 25.2 Å². The fraction of sp³-hybridized carbons (Fsp3) is 1.00. The number of hydrogen-bond acceptors (Lipinski definition) is 4. The van der Waals surface area contributed by atoms with Crippen molar-refractivity contribution in [3.05, 3.63) is 0 Å². The molecule has 3 unspecified atom stereocenters. The van der Waals surface area contributed by atoms with Crippen LogP contribution in [0.5, 0.6) is 0 Å². The van der Waals surface area contributed by atoms with E-state index in [1.54, 1.807) is 0 Å². The highest BCUT2D eigenvalue weighted by atomic mass is 16.5. The lowest BCUT2D eigenvalue weighted by atomic mass is 9.64. The molecule has 0 bridgehead atoms. The highest BCUT2D eigenvalue weighted by molar-refractivity contribution is 5.01. The summed E-state index contributed by atoms with van der Waals surface area (Å²) in [6.45, 7) is 5.86. The van der Waals surface area contributed by atoms with Gasteiger partial charge >= 0.3 is 0 Å². The van der Waals surface area contributed by atoms with Crippen LogP contribution in [0.1, 0.15) is 33.1 Å². The van der Waals surface area contributed by atoms with Crippen LogP contribution >= 0.6 is 0 Å². The van der Waals surface area contributed by atoms with Crippen LogP contribution in [0.4, 0.5) is 0 Å². The van der Waals surface area contributed by atoms with Crippen molar-refractivity contribution >= 4 is 0 Å². The molecule has 2 rings (SSSR count). The van der Waals surface area contributed by atoms with Crippen molar-refractivity contribution in [2.75, 3.05) is 19.8 Å². The average molecular weight is 243 g/mol. The lowest BCUT2D eigenvalue weighted by molar-refractivity contribution is -0.0767. The first-order valence-electron chi connectivity index (χ1n) is 6.67. The summed E-state index contributed by atoms with van der Waals surface area (Å²) in [4.78, 5) is 0. The van der Waals surface area contributed by atoms with Gasteiger partial charge in [0.2, 0.25) is 0 Å². The molecule has 0 radical (unpaired) electrons. The number of aliphatic hydroxyl groups excluding tert-OH is 2. The van der Waals surface area contributed by atoms with Gasteiger partial charge in [0.05, 0.1) is 18.8 Å². The normalized spacial score (nSPS) is 33.2. The van der Waals surface area contributed by atoms with Gasteiger partial charge in [0, 0.05) is 24.6 Å². The Balaban J connectivity index is 1.54. The SMILES string of the molecule is CC1(C)C(O)CC1NCC(O)COCC1CC1. The van der Waals surface area contributed by atoms with Gasteiger partial charge in [0.15, 0.2) is 0 Å². The van der Waals surface area contributed by atoms with Crippen LogP contribution in [0.15, 0.2) is 0 Å². The van der Waals surface area contributed by atoms with Gasteiger partial charge in [0.25, 0.3) is 0 Å². The molecule has 3 N–H and O–H groups in total. The van der Waals surface area contributed by atoms with Crippen molar-refractivity contribution in [1.82, 2.24) is 5.32 Å². The average Bonchev–Trinajstić information content (AvgIpc) is 3.08. The Morgan fingerprint density at radius 2 is 2.12 bits per heavy atom. The third-order valence-corrected chi connectivity index (χ3v) is 4.18. The maximum absolute atomic E-state index is 9.74. The first kappa shape index (κ1) is 13.3. The Morgan fingerprint density at radius 3 is 2.65 bits per heavy atom. The standard InChI is InChI=1S/C13H25NO3/c1-13(2)11(5-12(13)16)14-6-10(15)8-17-7-9-3-4-9/h9-12,14-16H,3-8H2,1-2H3. The molecule has 0 spiro atoms. The van der Waals surface area contributed by atoms with Gasteiger partial charge < -0.3 is 20.3 Å². The van der Waals surface area contributed by atoms with Crippen LogP contribution in [-0.2, 0) is 4.74 Å². The molecule has 2 aliphatic rings. The molecule has 2 saturated carbocycles. The predicted molar refractivity (Wildman–Crippen MR) is 65.7 cm³/mol. The second-order valence-electron chi connectivity index (χ2n) is 6.17. The van der Waals surface area contributed by atoms with Crippen molar-refractivity contribution in [3.63, 3.8) is 0 Å². The molecular formula is C13H25NO3. The summed E-state index contributed by atoms with van der Waals surface area (Å²) in [5.74, 6) is 0.746. The Bertz CT molecular complexity index is 253. The van der Waals surface area contributed by atoms with E-state index in [0.29, 0.717) is 19.2 Å². The van der Waals surface area contributed by atoms with Gasteiger partial charge in [0.1, 0.15) is 0 Å². The van der Waals surface area contributed by atoms with E-state index in [-0.39, 0.29) is 11.5 Å². The summed E-state index contributed by atoms with van der Waals surface area (Å²) in [5.41, 5.74) is -0.0748. The van der Waals surface area contributed by atoms with E-state index in [0.717, 1.165) is 18.9 Å². The maximum Gasteiger partial charge on any atom is 0.0897 e. The third kappa shape index (κ3) is 3.41. The number of nitrogens with one attached hydrogen (secondary N) is 1. The molecule has 0 aromatic carbocycles. The molecule has 17 heavy (non-hydrogen) atoms. The molecule has 0 saturated heterocycles. The van der Waals surface area contributed by atoms with Crippen LogP contribution in [0, 0.1) is 11.3 Å². The van der Waals surface area contributed by atoms with Crippen molar-refractivity contribution in [2.24, 2.45) is 11.3 Å². The second kappa shape index (κ2) is 5.22. The zero-order chi connectivity index (χ0) is 12.5. The monoisotopic (exact) mass is 243 g/mol. The van der Waals surface area contributed by atoms with Crippen LogP contribution in [0.3, 0.4) is 0 Å². The molecule has 2 aliphatic carbocycles. The lowest BCUT2D eigenvalue weighted by Crippen LogP contribution is -2.61. The van der Waals surface area contributed by atoms with Crippen LogP contribution < -0.4 is 5.32 Å². The Morgan fingerprint density at radius 1 is 1.41 bits per heavy atom. The second-order valence-corrected chi connectivity index (χ2v) is 6.17. The van der Waals surface area contributed by atoms with Crippen molar-refractivity contribution in [2.45, 2.75) is 51.4 Å². The number of rotatable bonds is 7. The minimum atomic E-state index is -0.442. The van der Waals surface area contributed by atoms with Crippen molar-refractivity contribution < 1.29 is 14.9 Å². The molecular weight excluding hydrogens is 218 g/mol. The maximum atomic E-state index is 9.74. The van der Waals surface area contributed by atoms with E-state index in [1.165, 1.54) is 12.8 Å². The van der Waals surface area contributed by atoms with E-state index in [2.05, 4.69) is 19.2 Å². The van der Waals surface area contributed by atoms with E-state index in [9.17, 15) is 10.2 Å². The molecule has 2 fully saturated rings. The Kier molecular flexibility index (Phi) is 4.08. The van der Waals surface area contributed by atoms with Gasteiger partial charge in [-0.3, -0.25) is 0 Å². The summed E-state index contributed by atoms with van der Waals surface area (Å²) in [5, 5.41) is 22.6. The van der Waals surface area contributed by atoms with Crippen LogP contribution in [0.25, 0.3) is 0 Å². The highest BCUT2D eigenvalue weighted by Crippen LogP contribution is 2.40. The summed E-state index contributed by atoms with van der Waals surface area (Å²) in [7, 11) is 0. The van der Waals surface area contributed by atoms with Crippen LogP contribution in [0.2, 0.25) is 0 Å². The van der Waals surface area contributed by atoms with E-state index >= 15 is 0 Å². The minimum Gasteiger partial charge on any atom is -0.392 e. The first-order chi connectivity index (χ1) is 8.00. The summed E-state index contributed by atoms with van der Waals surface area (Å²) >= 11 is 0. The summed E-state index contributed by atoms with van der Waals surface area (Å²) in [6.07, 6.45) is 2.68. The molecule has 0 amide bonds. The fourth-order valence-corrected chi connectivity index (χ4v) is 2.24. The first-order valence-corrected chi connectivity index (χ1v) is 6.67. The topological polar surface area (TPSA) is 61.7 Å². The Hall–Kier alpha value is -0.160. The molecule has 4 nitrogen and oxygen atoms in total. The van der Waals surface area contributed by atoms with Crippen molar-refractivity contribution in [3.8, 4) is 0 Å². The molecule has 0 aromatic rings. The molecule has 100 valence electrons. The van der Waals surface area contributed by atoms with Crippen molar-refractivity contribution in [1.29, 1.82) is 0 Å². The smallest absolute Gasteiger partial charge is 0.0897 e. The minimum absolute atomic E-state index is 0.0748. The van der Waals surface area contributed by atoms with E-state index in [4.69, 9.17) is 4.74 Å².